The summed E-state index contributed by atoms with van der Waals surface area (Å²) in [6.45, 7) is 0. The first-order chi connectivity index (χ1) is 17.7. The fraction of sp³-hybridized carbons (Fsp3) is 0.120. The molecule has 2 N–H and O–H groups in total. The number of nitrogens with one attached hydrogen (secondary N) is 2. The molecule has 0 spiro atoms. The van der Waals surface area contributed by atoms with Crippen LogP contribution in [0.3, 0.4) is 0 Å². The SMILES string of the molecule is CS(=O)(=O)Nc1ccc(N2C(=S)N[C@@H](c3ccccn3)[C@@H]2c2cccn2-c2cccc([N+](=O)[O-])c2)cc1. The molecule has 1 saturated heterocycles. The number of benzene rings is 2. The molecule has 0 radical (unpaired) electrons. The van der Waals surface area contributed by atoms with Gasteiger partial charge in [0.25, 0.3) is 5.69 Å². The van der Waals surface area contributed by atoms with Gasteiger partial charge < -0.3 is 14.8 Å². The summed E-state index contributed by atoms with van der Waals surface area (Å²) >= 11 is 5.76. The minimum atomic E-state index is -3.42. The van der Waals surface area contributed by atoms with Gasteiger partial charge in [-0.2, -0.15) is 0 Å². The van der Waals surface area contributed by atoms with Gasteiger partial charge in [0.15, 0.2) is 5.11 Å². The predicted molar refractivity (Wildman–Crippen MR) is 145 cm³/mol. The third-order valence-corrected chi connectivity index (χ3v) is 6.87. The van der Waals surface area contributed by atoms with E-state index in [1.54, 1.807) is 36.5 Å². The third kappa shape index (κ3) is 5.01. The molecule has 1 aliphatic rings. The van der Waals surface area contributed by atoms with Crippen molar-refractivity contribution in [3.8, 4) is 5.69 Å². The van der Waals surface area contributed by atoms with Crippen molar-refractivity contribution < 1.29 is 13.3 Å². The fourth-order valence-electron chi connectivity index (χ4n) is 4.46. The maximum Gasteiger partial charge on any atom is 0.271 e. The molecule has 188 valence electrons. The second kappa shape index (κ2) is 9.64. The highest BCUT2D eigenvalue weighted by atomic mass is 32.2. The van der Waals surface area contributed by atoms with Crippen molar-refractivity contribution in [3.05, 3.63) is 113 Å². The Labute approximate surface area is 218 Å². The lowest BCUT2D eigenvalue weighted by Crippen LogP contribution is -2.30. The van der Waals surface area contributed by atoms with Crippen LogP contribution in [-0.2, 0) is 10.0 Å². The molecule has 0 aliphatic carbocycles. The molecule has 3 heterocycles. The number of hydrogen-bond acceptors (Lipinski definition) is 6. The van der Waals surface area contributed by atoms with E-state index in [1.807, 2.05) is 52.1 Å². The van der Waals surface area contributed by atoms with Crippen molar-refractivity contribution in [3.63, 3.8) is 0 Å². The number of nitro groups is 1. The van der Waals surface area contributed by atoms with Crippen LogP contribution in [0.25, 0.3) is 5.69 Å². The van der Waals surface area contributed by atoms with E-state index in [9.17, 15) is 18.5 Å². The van der Waals surface area contributed by atoms with Crippen molar-refractivity contribution in [2.24, 2.45) is 0 Å². The van der Waals surface area contributed by atoms with Gasteiger partial charge in [0.05, 0.1) is 28.6 Å². The maximum atomic E-state index is 11.6. The molecule has 1 fully saturated rings. The van der Waals surface area contributed by atoms with Gasteiger partial charge in [0.2, 0.25) is 10.0 Å². The number of rotatable bonds is 7. The number of sulfonamides is 1. The second-order valence-electron chi connectivity index (χ2n) is 8.50. The number of nitro benzene ring substituents is 1. The topological polar surface area (TPSA) is 122 Å². The zero-order valence-electron chi connectivity index (χ0n) is 19.6. The van der Waals surface area contributed by atoms with Gasteiger partial charge in [-0.3, -0.25) is 19.8 Å². The number of hydrogen-bond donors (Lipinski definition) is 2. The number of thiocarbonyl (C=S) groups is 1. The Morgan fingerprint density at radius 2 is 1.81 bits per heavy atom. The molecular formula is C25H22N6O4S2. The van der Waals surface area contributed by atoms with Crippen LogP contribution >= 0.6 is 12.2 Å². The zero-order valence-corrected chi connectivity index (χ0v) is 21.2. The first-order valence-electron chi connectivity index (χ1n) is 11.2. The second-order valence-corrected chi connectivity index (χ2v) is 10.6. The molecule has 0 unspecified atom stereocenters. The number of nitrogens with zero attached hydrogens (tertiary/aromatic N) is 4. The van der Waals surface area contributed by atoms with E-state index in [0.717, 1.165) is 23.3 Å². The highest BCUT2D eigenvalue weighted by Gasteiger charge is 2.42. The Kier molecular flexibility index (Phi) is 6.36. The summed E-state index contributed by atoms with van der Waals surface area (Å²) in [7, 11) is -3.42. The van der Waals surface area contributed by atoms with Gasteiger partial charge in [0, 0.05) is 41.6 Å². The monoisotopic (exact) mass is 534 g/mol. The quantitative estimate of drug-likeness (QED) is 0.204. The van der Waals surface area contributed by atoms with Crippen LogP contribution in [0, 0.1) is 10.1 Å². The van der Waals surface area contributed by atoms with Gasteiger partial charge in [-0.25, -0.2) is 8.42 Å². The number of non-ortho nitro benzene ring substituents is 1. The molecule has 0 bridgehead atoms. The van der Waals surface area contributed by atoms with Gasteiger partial charge in [-0.1, -0.05) is 12.1 Å². The first-order valence-corrected chi connectivity index (χ1v) is 13.5. The van der Waals surface area contributed by atoms with Crippen LogP contribution in [0.1, 0.15) is 23.5 Å². The minimum absolute atomic E-state index is 0.00989. The molecule has 37 heavy (non-hydrogen) atoms. The highest BCUT2D eigenvalue weighted by Crippen LogP contribution is 2.42. The molecule has 0 saturated carbocycles. The van der Waals surface area contributed by atoms with Crippen molar-refractivity contribution in [2.75, 3.05) is 15.9 Å². The Morgan fingerprint density at radius 1 is 1.03 bits per heavy atom. The summed E-state index contributed by atoms with van der Waals surface area (Å²) in [6.07, 6.45) is 4.66. The summed E-state index contributed by atoms with van der Waals surface area (Å²) in [5.74, 6) is 0. The van der Waals surface area contributed by atoms with Crippen molar-refractivity contribution in [1.29, 1.82) is 0 Å². The van der Waals surface area contributed by atoms with Gasteiger partial charge in [-0.05, 0) is 66.8 Å². The Balaban J connectivity index is 1.61. The maximum absolute atomic E-state index is 11.6. The average Bonchev–Trinajstić information content (AvgIpc) is 3.48. The van der Waals surface area contributed by atoms with E-state index in [-0.39, 0.29) is 17.8 Å². The minimum Gasteiger partial charge on any atom is -0.351 e. The normalized spacial score (nSPS) is 17.4. The van der Waals surface area contributed by atoms with Gasteiger partial charge >= 0.3 is 0 Å². The molecule has 0 amide bonds. The molecule has 2 aromatic carbocycles. The average molecular weight is 535 g/mol. The van der Waals surface area contributed by atoms with Crippen molar-refractivity contribution >= 4 is 44.4 Å². The highest BCUT2D eigenvalue weighted by molar-refractivity contribution is 7.92. The van der Waals surface area contributed by atoms with E-state index in [4.69, 9.17) is 12.2 Å². The first kappa shape index (κ1) is 24.4. The Hall–Kier alpha value is -4.29. The summed E-state index contributed by atoms with van der Waals surface area (Å²) in [5, 5.41) is 15.3. The van der Waals surface area contributed by atoms with Crippen LogP contribution in [0.15, 0.2) is 91.3 Å². The van der Waals surface area contributed by atoms with Crippen LogP contribution in [0.5, 0.6) is 0 Å². The lowest BCUT2D eigenvalue weighted by Gasteiger charge is -2.29. The Bertz CT molecular complexity index is 1570. The van der Waals surface area contributed by atoms with Gasteiger partial charge in [0.1, 0.15) is 6.04 Å². The summed E-state index contributed by atoms with van der Waals surface area (Å²) < 4.78 is 27.6. The largest absolute Gasteiger partial charge is 0.351 e. The van der Waals surface area contributed by atoms with Crippen LogP contribution < -0.4 is 14.9 Å². The van der Waals surface area contributed by atoms with Crippen LogP contribution in [0.4, 0.5) is 17.1 Å². The smallest absolute Gasteiger partial charge is 0.271 e. The standard InChI is InChI=1S/C25H22N6O4S2/c1-37(34,35)28-17-10-12-18(13-11-17)30-24(23(27-25(30)36)21-8-2-3-14-26-21)22-9-5-15-29(22)19-6-4-7-20(16-19)31(32)33/h2-16,23-24,28H,1H3,(H,27,36)/t23-,24-/m0/s1. The molecule has 2 atom stereocenters. The summed E-state index contributed by atoms with van der Waals surface area (Å²) in [4.78, 5) is 17.5. The summed E-state index contributed by atoms with van der Waals surface area (Å²) in [5.41, 5.74) is 3.42. The van der Waals surface area contributed by atoms with E-state index < -0.39 is 14.9 Å². The molecule has 1 aliphatic heterocycles. The number of anilines is 2. The number of pyridine rings is 1. The van der Waals surface area contributed by atoms with E-state index in [1.165, 1.54) is 12.1 Å². The molecule has 5 rings (SSSR count). The van der Waals surface area contributed by atoms with E-state index >= 15 is 0 Å². The predicted octanol–water partition coefficient (Wildman–Crippen LogP) is 4.33. The lowest BCUT2D eigenvalue weighted by molar-refractivity contribution is -0.384. The van der Waals surface area contributed by atoms with Crippen LogP contribution in [0.2, 0.25) is 0 Å². The van der Waals surface area contributed by atoms with E-state index in [0.29, 0.717) is 16.5 Å². The third-order valence-electron chi connectivity index (χ3n) is 5.95. The molecule has 2 aromatic heterocycles. The summed E-state index contributed by atoms with van der Waals surface area (Å²) in [6, 6.07) is 22.1. The van der Waals surface area contributed by atoms with Crippen LogP contribution in [-0.4, -0.2) is 34.3 Å². The number of aromatic nitrogens is 2. The lowest BCUT2D eigenvalue weighted by atomic mass is 10.0. The van der Waals surface area contributed by atoms with E-state index in [2.05, 4.69) is 15.0 Å². The Morgan fingerprint density at radius 3 is 2.49 bits per heavy atom. The zero-order chi connectivity index (χ0) is 26.2. The molecular weight excluding hydrogens is 512 g/mol. The molecule has 10 nitrogen and oxygen atoms in total. The van der Waals surface area contributed by atoms with Gasteiger partial charge in [-0.15, -0.1) is 0 Å². The molecule has 4 aromatic rings. The van der Waals surface area contributed by atoms with Crippen molar-refractivity contribution in [2.45, 2.75) is 12.1 Å². The molecule has 12 heteroatoms. The fourth-order valence-corrected chi connectivity index (χ4v) is 5.37. The van der Waals surface area contributed by atoms with Crippen molar-refractivity contribution in [1.82, 2.24) is 14.9 Å².